The molecule has 4 nitrogen and oxygen atoms in total. The highest BCUT2D eigenvalue weighted by atomic mass is 35.5. The summed E-state index contributed by atoms with van der Waals surface area (Å²) in [6.07, 6.45) is -6.51. The third-order valence-electron chi connectivity index (χ3n) is 2.66. The van der Waals surface area contributed by atoms with E-state index in [0.717, 1.165) is 0 Å². The summed E-state index contributed by atoms with van der Waals surface area (Å²) in [5, 5.41) is 9.80. The number of aliphatic hydroxyl groups is 1. The molecule has 20 heavy (non-hydrogen) atoms. The maximum Gasteiger partial charge on any atom is 0.403 e. The number of methoxy groups -OCH3 is 2. The molecule has 0 fully saturated rings. The minimum atomic E-state index is -4.54. The molecule has 1 rings (SSSR count). The van der Waals surface area contributed by atoms with Crippen LogP contribution in [0.5, 0.6) is 11.5 Å². The molecular weight excluding hydrogens is 299 g/mol. The van der Waals surface area contributed by atoms with Crippen molar-refractivity contribution in [3.8, 4) is 11.5 Å². The molecule has 3 N–H and O–H groups in total. The fourth-order valence-electron chi connectivity index (χ4n) is 1.53. The summed E-state index contributed by atoms with van der Waals surface area (Å²) in [7, 11) is 2.82. The Hall–Kier alpha value is -1.18. The van der Waals surface area contributed by atoms with Crippen LogP contribution in [0.25, 0.3) is 0 Å². The molecule has 8 heteroatoms. The molecule has 0 spiro atoms. The molecule has 116 valence electrons. The van der Waals surface area contributed by atoms with E-state index in [2.05, 4.69) is 0 Å². The van der Waals surface area contributed by atoms with E-state index in [1.165, 1.54) is 26.4 Å². The molecule has 0 unspecified atom stereocenters. The first-order chi connectivity index (χ1) is 8.77. The van der Waals surface area contributed by atoms with Gasteiger partial charge in [-0.3, -0.25) is 0 Å². The van der Waals surface area contributed by atoms with E-state index >= 15 is 0 Å². The smallest absolute Gasteiger partial charge is 0.403 e. The Morgan fingerprint density at radius 1 is 1.15 bits per heavy atom. The first kappa shape index (κ1) is 18.8. The Kier molecular flexibility index (Phi) is 7.12. The van der Waals surface area contributed by atoms with Crippen LogP contribution in [0.1, 0.15) is 18.1 Å². The van der Waals surface area contributed by atoms with Gasteiger partial charge in [-0.25, -0.2) is 0 Å². The number of hydrogen-bond donors (Lipinski definition) is 2. The number of alkyl halides is 3. The van der Waals surface area contributed by atoms with Crippen LogP contribution < -0.4 is 15.2 Å². The first-order valence-electron chi connectivity index (χ1n) is 5.51. The molecule has 0 radical (unpaired) electrons. The van der Waals surface area contributed by atoms with Crippen molar-refractivity contribution in [3.05, 3.63) is 23.8 Å². The molecule has 0 saturated heterocycles. The highest BCUT2D eigenvalue weighted by Crippen LogP contribution is 2.31. The predicted molar refractivity (Wildman–Crippen MR) is 70.4 cm³/mol. The van der Waals surface area contributed by atoms with Crippen molar-refractivity contribution in [2.75, 3.05) is 14.2 Å². The second-order valence-electron chi connectivity index (χ2n) is 4.05. The van der Waals surface area contributed by atoms with E-state index in [4.69, 9.17) is 15.2 Å². The van der Waals surface area contributed by atoms with Gasteiger partial charge in [0, 0.05) is 12.5 Å². The Morgan fingerprint density at radius 2 is 1.60 bits per heavy atom. The zero-order valence-corrected chi connectivity index (χ0v) is 11.8. The van der Waals surface area contributed by atoms with E-state index in [1.54, 1.807) is 6.07 Å². The molecule has 2 atom stereocenters. The average molecular weight is 316 g/mol. The molecule has 0 heterocycles. The van der Waals surface area contributed by atoms with Crippen LogP contribution in [0.2, 0.25) is 0 Å². The lowest BCUT2D eigenvalue weighted by Gasteiger charge is -2.20. The Balaban J connectivity index is 0.00000361. The highest BCUT2D eigenvalue weighted by molar-refractivity contribution is 5.85. The maximum absolute atomic E-state index is 12.3. The fourth-order valence-corrected chi connectivity index (χ4v) is 1.53. The van der Waals surface area contributed by atoms with Gasteiger partial charge in [0.1, 0.15) is 17.5 Å². The average Bonchev–Trinajstić information content (AvgIpc) is 2.36. The fraction of sp³-hybridized carbons (Fsp3) is 0.500. The third kappa shape index (κ3) is 5.07. The van der Waals surface area contributed by atoms with Crippen LogP contribution in [0.15, 0.2) is 18.2 Å². The molecule has 0 saturated carbocycles. The van der Waals surface area contributed by atoms with Crippen LogP contribution in [0.4, 0.5) is 13.2 Å². The number of aliphatic hydroxyl groups excluding tert-OH is 1. The molecule has 0 bridgehead atoms. The summed E-state index contributed by atoms with van der Waals surface area (Å²) in [5.41, 5.74) is 5.24. The zero-order chi connectivity index (χ0) is 14.6. The Bertz CT molecular complexity index is 407. The van der Waals surface area contributed by atoms with Crippen molar-refractivity contribution < 1.29 is 27.8 Å². The van der Waals surface area contributed by atoms with Gasteiger partial charge in [-0.05, 0) is 17.7 Å². The first-order valence-corrected chi connectivity index (χ1v) is 5.51. The maximum atomic E-state index is 12.3. The number of benzene rings is 1. The van der Waals surface area contributed by atoms with Gasteiger partial charge in [0.25, 0.3) is 0 Å². The molecule has 1 aromatic carbocycles. The van der Waals surface area contributed by atoms with Gasteiger partial charge in [0.2, 0.25) is 0 Å². The number of hydrogen-bond acceptors (Lipinski definition) is 4. The lowest BCUT2D eigenvalue weighted by atomic mass is 10.0. The van der Waals surface area contributed by atoms with Gasteiger partial charge >= 0.3 is 6.18 Å². The largest absolute Gasteiger partial charge is 0.497 e. The van der Waals surface area contributed by atoms with Gasteiger partial charge in [-0.1, -0.05) is 0 Å². The van der Waals surface area contributed by atoms with Crippen LogP contribution in [0.3, 0.4) is 0 Å². The minimum absolute atomic E-state index is 0. The van der Waals surface area contributed by atoms with Crippen LogP contribution in [0, 0.1) is 0 Å². The quantitative estimate of drug-likeness (QED) is 0.876. The third-order valence-corrected chi connectivity index (χ3v) is 2.66. The summed E-state index contributed by atoms with van der Waals surface area (Å²) in [5.74, 6) is 0.767. The highest BCUT2D eigenvalue weighted by Gasteiger charge is 2.38. The monoisotopic (exact) mass is 315 g/mol. The van der Waals surface area contributed by atoms with Gasteiger partial charge in [0.15, 0.2) is 0 Å². The number of ether oxygens (including phenoxy) is 2. The molecule has 0 aliphatic carbocycles. The summed E-state index contributed by atoms with van der Waals surface area (Å²) < 4.78 is 46.9. The summed E-state index contributed by atoms with van der Waals surface area (Å²) in [6, 6.07) is 2.35. The standard InChI is InChI=1S/C12H16F3NO3.ClH/c1-18-8-3-7(4-9(5-8)19-2)10(17)6-11(16)12(13,14)15;/h3-5,10-11,17H,6,16H2,1-2H3;1H/t10-,11+;/m0./s1. The van der Waals surface area contributed by atoms with E-state index in [1.807, 2.05) is 0 Å². The number of nitrogens with two attached hydrogens (primary N) is 1. The van der Waals surface area contributed by atoms with Crippen molar-refractivity contribution in [1.29, 1.82) is 0 Å². The molecule has 0 aliphatic rings. The molecule has 0 aromatic heterocycles. The van der Waals surface area contributed by atoms with Gasteiger partial charge in [0.05, 0.1) is 20.3 Å². The van der Waals surface area contributed by atoms with Crippen molar-refractivity contribution in [2.24, 2.45) is 5.73 Å². The van der Waals surface area contributed by atoms with Crippen molar-refractivity contribution in [1.82, 2.24) is 0 Å². The summed E-state index contributed by atoms with van der Waals surface area (Å²) in [6.45, 7) is 0. The predicted octanol–water partition coefficient (Wildman–Crippen LogP) is 2.44. The van der Waals surface area contributed by atoms with E-state index in [-0.39, 0.29) is 18.0 Å². The topological polar surface area (TPSA) is 64.7 Å². The van der Waals surface area contributed by atoms with Crippen molar-refractivity contribution >= 4 is 12.4 Å². The van der Waals surface area contributed by atoms with Crippen LogP contribution in [-0.2, 0) is 0 Å². The summed E-state index contributed by atoms with van der Waals surface area (Å²) in [4.78, 5) is 0. The zero-order valence-electron chi connectivity index (χ0n) is 11.0. The normalized spacial score (nSPS) is 14.2. The number of rotatable bonds is 5. The van der Waals surface area contributed by atoms with Gasteiger partial charge in [-0.2, -0.15) is 13.2 Å². The van der Waals surface area contributed by atoms with Gasteiger partial charge < -0.3 is 20.3 Å². The second kappa shape index (κ2) is 7.56. The Morgan fingerprint density at radius 3 is 1.95 bits per heavy atom. The Labute approximate surface area is 121 Å². The van der Waals surface area contributed by atoms with Crippen molar-refractivity contribution in [3.63, 3.8) is 0 Å². The van der Waals surface area contributed by atoms with E-state index < -0.39 is 24.7 Å². The molecule has 1 aromatic rings. The van der Waals surface area contributed by atoms with Gasteiger partial charge in [-0.15, -0.1) is 12.4 Å². The number of halogens is 4. The summed E-state index contributed by atoms with van der Waals surface area (Å²) >= 11 is 0. The van der Waals surface area contributed by atoms with Crippen LogP contribution in [-0.4, -0.2) is 31.5 Å². The second-order valence-corrected chi connectivity index (χ2v) is 4.05. The molecular formula is C12H17ClF3NO3. The molecule has 0 aliphatic heterocycles. The molecule has 0 amide bonds. The minimum Gasteiger partial charge on any atom is -0.497 e. The lowest BCUT2D eigenvalue weighted by molar-refractivity contribution is -0.153. The SMILES string of the molecule is COc1cc(OC)cc([C@@H](O)C[C@@H](N)C(F)(F)F)c1.Cl. The van der Waals surface area contributed by atoms with Crippen LogP contribution >= 0.6 is 12.4 Å². The van der Waals surface area contributed by atoms with Crippen molar-refractivity contribution in [2.45, 2.75) is 24.7 Å². The van der Waals surface area contributed by atoms with E-state index in [9.17, 15) is 18.3 Å². The lowest BCUT2D eigenvalue weighted by Crippen LogP contribution is -2.38. The van der Waals surface area contributed by atoms with E-state index in [0.29, 0.717) is 11.5 Å².